The topological polar surface area (TPSA) is 115 Å². The number of terminal acetylenes is 1. The van der Waals surface area contributed by atoms with E-state index in [-0.39, 0.29) is 48.6 Å². The summed E-state index contributed by atoms with van der Waals surface area (Å²) in [5.74, 6) is 1.92. The monoisotopic (exact) mass is 683 g/mol. The van der Waals surface area contributed by atoms with Crippen molar-refractivity contribution in [1.29, 1.82) is 0 Å². The van der Waals surface area contributed by atoms with Crippen molar-refractivity contribution in [3.8, 4) is 12.3 Å². The second-order valence-electron chi connectivity index (χ2n) is 14.7. The van der Waals surface area contributed by atoms with Gasteiger partial charge < -0.3 is 29.4 Å². The Balaban J connectivity index is 3.85. The van der Waals surface area contributed by atoms with E-state index >= 15 is 0 Å². The molecular weight excluding hydrogens is 608 g/mol. The number of carbonyl (C=O) groups excluding carboxylic acids is 2. The maximum Gasteiger partial charge on any atom is 0.335 e. The number of hydrogen-bond donors (Lipinski definition) is 3. The van der Waals surface area contributed by atoms with Gasteiger partial charge in [0.2, 0.25) is 0 Å². The molecule has 0 aliphatic carbocycles. The van der Waals surface area contributed by atoms with Gasteiger partial charge in [0.15, 0.2) is 6.04 Å². The summed E-state index contributed by atoms with van der Waals surface area (Å²) in [6.07, 6.45) is 23.2. The molecule has 0 spiro atoms. The summed E-state index contributed by atoms with van der Waals surface area (Å²) in [5.41, 5.74) is -0.322. The average molecular weight is 683 g/mol. The van der Waals surface area contributed by atoms with Crippen LogP contribution >= 0.6 is 0 Å². The Morgan fingerprint density at radius 1 is 0.771 bits per heavy atom. The Labute approximate surface area is 294 Å². The first-order valence-corrected chi connectivity index (χ1v) is 19.0. The zero-order chi connectivity index (χ0) is 36.2. The van der Waals surface area contributed by atoms with Crippen molar-refractivity contribution in [2.24, 2.45) is 0 Å². The third-order valence-corrected chi connectivity index (χ3v) is 8.22. The summed E-state index contributed by atoms with van der Waals surface area (Å²) in [7, 11) is 0. The van der Waals surface area contributed by atoms with Crippen molar-refractivity contribution in [2.45, 2.75) is 200 Å². The van der Waals surface area contributed by atoms with E-state index in [9.17, 15) is 14.7 Å². The molecule has 0 heterocycles. The first-order chi connectivity index (χ1) is 22.8. The van der Waals surface area contributed by atoms with Gasteiger partial charge in [-0.2, -0.15) is 0 Å². The van der Waals surface area contributed by atoms with Crippen LogP contribution in [0.15, 0.2) is 0 Å². The molecule has 0 amide bonds. The summed E-state index contributed by atoms with van der Waals surface area (Å²) < 4.78 is 22.1. The van der Waals surface area contributed by atoms with Gasteiger partial charge in [-0.25, -0.2) is 4.79 Å². The summed E-state index contributed by atoms with van der Waals surface area (Å²) in [6, 6.07) is -0.634. The Kier molecular flexibility index (Phi) is 28.0. The van der Waals surface area contributed by atoms with Crippen LogP contribution in [0.1, 0.15) is 158 Å². The first kappa shape index (κ1) is 46.3. The molecule has 0 radical (unpaired) electrons. The number of nitrogens with one attached hydrogen (secondary N) is 2. The minimum atomic E-state index is -0.766. The van der Waals surface area contributed by atoms with Gasteiger partial charge in [-0.15, -0.1) is 6.42 Å². The van der Waals surface area contributed by atoms with Gasteiger partial charge in [-0.05, 0) is 68.2 Å². The van der Waals surface area contributed by atoms with Gasteiger partial charge in [0.05, 0.1) is 31.8 Å². The fraction of sp³-hybridized carbons (Fsp3) is 0.897. The predicted molar refractivity (Wildman–Crippen MR) is 196 cm³/mol. The highest BCUT2D eigenvalue weighted by Gasteiger charge is 2.26. The molecule has 0 aromatic heterocycles. The zero-order valence-corrected chi connectivity index (χ0v) is 32.1. The third-order valence-electron chi connectivity index (χ3n) is 8.22. The molecule has 282 valence electrons. The van der Waals surface area contributed by atoms with E-state index in [1.807, 2.05) is 48.5 Å². The van der Waals surface area contributed by atoms with Crippen LogP contribution in [0.25, 0.3) is 0 Å². The van der Waals surface area contributed by atoms with Crippen molar-refractivity contribution in [2.75, 3.05) is 26.4 Å². The molecule has 4 atom stereocenters. The highest BCUT2D eigenvalue weighted by atomic mass is 16.6. The van der Waals surface area contributed by atoms with Gasteiger partial charge in [0.1, 0.15) is 12.2 Å². The number of aliphatic hydroxyl groups is 1. The number of aliphatic hydroxyl groups excluding tert-OH is 1. The standard InChI is InChI=1S/C39H74N2O7/c1-10-36(38(44)48-34(7)28-39(8,9)40-26-25-37(43)47-32(4)5)41-33(6)24-22-20-18-16-14-12-11-13-15-17-19-21-23-27-45-35(29-42)30-46-31(2)3/h1,31-36,40-42H,11-30H2,2-9H3/t33?,34?,35?,36-/m0/s1. The Morgan fingerprint density at radius 2 is 1.31 bits per heavy atom. The zero-order valence-electron chi connectivity index (χ0n) is 32.1. The molecule has 0 saturated heterocycles. The van der Waals surface area contributed by atoms with Crippen molar-refractivity contribution >= 4 is 11.9 Å². The van der Waals surface area contributed by atoms with Crippen LogP contribution in [0, 0.1) is 12.3 Å². The Bertz CT molecular complexity index is 843. The SMILES string of the molecule is C#C[C@H](NC(C)CCCCCCCCCCCCCCCOC(CO)COC(C)C)C(=O)OC(C)CC(C)(C)NCCC(=O)OC(C)C. The smallest absolute Gasteiger partial charge is 0.335 e. The van der Waals surface area contributed by atoms with Crippen molar-refractivity contribution in [1.82, 2.24) is 10.6 Å². The number of esters is 2. The summed E-state index contributed by atoms with van der Waals surface area (Å²) >= 11 is 0. The number of unbranched alkanes of at least 4 members (excludes halogenated alkanes) is 12. The quantitative estimate of drug-likeness (QED) is 0.0383. The van der Waals surface area contributed by atoms with Crippen LogP contribution in [0.3, 0.4) is 0 Å². The summed E-state index contributed by atoms with van der Waals surface area (Å²) in [5, 5.41) is 16.0. The maximum atomic E-state index is 12.8. The molecule has 48 heavy (non-hydrogen) atoms. The normalized spacial score (nSPS) is 14.5. The lowest BCUT2D eigenvalue weighted by atomic mass is 9.97. The fourth-order valence-electron chi connectivity index (χ4n) is 5.68. The fourth-order valence-corrected chi connectivity index (χ4v) is 5.68. The highest BCUT2D eigenvalue weighted by Crippen LogP contribution is 2.16. The van der Waals surface area contributed by atoms with Crippen LogP contribution in [0.5, 0.6) is 0 Å². The van der Waals surface area contributed by atoms with E-state index in [2.05, 4.69) is 23.5 Å². The van der Waals surface area contributed by atoms with Crippen molar-refractivity contribution in [3.05, 3.63) is 0 Å². The Hall–Kier alpha value is -1.70. The average Bonchev–Trinajstić information content (AvgIpc) is 2.99. The number of hydrogen-bond acceptors (Lipinski definition) is 9. The number of rotatable bonds is 32. The summed E-state index contributed by atoms with van der Waals surface area (Å²) in [4.78, 5) is 24.5. The molecule has 9 heteroatoms. The minimum Gasteiger partial charge on any atom is -0.463 e. The van der Waals surface area contributed by atoms with Crippen LogP contribution < -0.4 is 10.6 Å². The molecule has 3 N–H and O–H groups in total. The molecule has 0 saturated carbocycles. The predicted octanol–water partition coefficient (Wildman–Crippen LogP) is 7.26. The number of ether oxygens (including phenoxy) is 4. The van der Waals surface area contributed by atoms with E-state index in [0.29, 0.717) is 32.6 Å². The molecule has 0 fully saturated rings. The second kappa shape index (κ2) is 29.1. The molecule has 0 bridgehead atoms. The lowest BCUT2D eigenvalue weighted by Gasteiger charge is -2.30. The van der Waals surface area contributed by atoms with Gasteiger partial charge in [-0.3, -0.25) is 10.1 Å². The molecule has 0 aliphatic heterocycles. The minimum absolute atomic E-state index is 0.0125. The van der Waals surface area contributed by atoms with Crippen molar-refractivity contribution < 1.29 is 33.6 Å². The molecule has 0 rings (SSSR count). The largest absolute Gasteiger partial charge is 0.463 e. The molecule has 0 aromatic carbocycles. The van der Waals surface area contributed by atoms with E-state index in [1.54, 1.807) is 0 Å². The van der Waals surface area contributed by atoms with E-state index < -0.39 is 12.0 Å². The van der Waals surface area contributed by atoms with Crippen LogP contribution in [0.4, 0.5) is 0 Å². The third kappa shape index (κ3) is 28.2. The Morgan fingerprint density at radius 3 is 1.81 bits per heavy atom. The second-order valence-corrected chi connectivity index (χ2v) is 14.7. The van der Waals surface area contributed by atoms with Gasteiger partial charge in [0, 0.05) is 31.2 Å². The summed E-state index contributed by atoms with van der Waals surface area (Å²) in [6.45, 7) is 17.3. The van der Waals surface area contributed by atoms with E-state index in [1.165, 1.54) is 70.6 Å². The lowest BCUT2D eigenvalue weighted by Crippen LogP contribution is -2.46. The van der Waals surface area contributed by atoms with E-state index in [0.717, 1.165) is 19.3 Å². The van der Waals surface area contributed by atoms with E-state index in [4.69, 9.17) is 25.4 Å². The molecular formula is C39H74N2O7. The van der Waals surface area contributed by atoms with Crippen molar-refractivity contribution in [3.63, 3.8) is 0 Å². The molecule has 0 aromatic rings. The van der Waals surface area contributed by atoms with Crippen LogP contribution in [-0.4, -0.2) is 85.4 Å². The number of carbonyl (C=O) groups is 2. The first-order valence-electron chi connectivity index (χ1n) is 19.0. The van der Waals surface area contributed by atoms with Gasteiger partial charge in [-0.1, -0.05) is 83.0 Å². The molecule has 0 aliphatic rings. The molecule has 9 nitrogen and oxygen atoms in total. The maximum absolute atomic E-state index is 12.8. The lowest BCUT2D eigenvalue weighted by molar-refractivity contribution is -0.150. The van der Waals surface area contributed by atoms with Crippen LogP contribution in [0.2, 0.25) is 0 Å². The van der Waals surface area contributed by atoms with Gasteiger partial charge >= 0.3 is 11.9 Å². The van der Waals surface area contributed by atoms with Gasteiger partial charge in [0.25, 0.3) is 0 Å². The molecule has 3 unspecified atom stereocenters. The highest BCUT2D eigenvalue weighted by molar-refractivity contribution is 5.79. The van der Waals surface area contributed by atoms with Crippen LogP contribution in [-0.2, 0) is 28.5 Å².